The highest BCUT2D eigenvalue weighted by atomic mass is 32.2. The number of aryl methyl sites for hydroxylation is 1. The Kier molecular flexibility index (Phi) is 10.1. The molecule has 8 heteroatoms. The van der Waals surface area contributed by atoms with Gasteiger partial charge in [-0.25, -0.2) is 4.79 Å². The molecule has 158 valence electrons. The quantitative estimate of drug-likeness (QED) is 0.366. The average Bonchev–Trinajstić information content (AvgIpc) is 3.25. The minimum atomic E-state index is -1.01. The molecule has 5 nitrogen and oxygen atoms in total. The average molecular weight is 453 g/mol. The van der Waals surface area contributed by atoms with Crippen molar-refractivity contribution < 1.29 is 14.7 Å². The van der Waals surface area contributed by atoms with Gasteiger partial charge < -0.3 is 16.2 Å². The lowest BCUT2D eigenvalue weighted by molar-refractivity contribution is -0.139. The number of nitrogens with one attached hydrogen (secondary N) is 1. The van der Waals surface area contributed by atoms with Crippen LogP contribution in [0.1, 0.15) is 35.2 Å². The first-order chi connectivity index (χ1) is 14.0. The van der Waals surface area contributed by atoms with E-state index in [1.54, 1.807) is 23.1 Å². The van der Waals surface area contributed by atoms with Crippen LogP contribution in [0.15, 0.2) is 35.0 Å². The van der Waals surface area contributed by atoms with Gasteiger partial charge in [0.15, 0.2) is 0 Å². The zero-order valence-corrected chi connectivity index (χ0v) is 19.0. The molecule has 2 aromatic rings. The number of aliphatic carboxylic acids is 1. The summed E-state index contributed by atoms with van der Waals surface area (Å²) in [6.07, 6.45) is 4.88. The van der Waals surface area contributed by atoms with Crippen molar-refractivity contribution in [2.24, 2.45) is 5.73 Å². The molecule has 0 spiro atoms. The van der Waals surface area contributed by atoms with E-state index in [2.05, 4.69) is 17.9 Å². The van der Waals surface area contributed by atoms with Gasteiger partial charge in [-0.15, -0.1) is 0 Å². The van der Waals surface area contributed by atoms with Gasteiger partial charge in [-0.05, 0) is 77.3 Å². The smallest absolute Gasteiger partial charge is 0.326 e. The number of thiol groups is 1. The van der Waals surface area contributed by atoms with E-state index in [1.807, 2.05) is 41.3 Å². The van der Waals surface area contributed by atoms with E-state index >= 15 is 0 Å². The Morgan fingerprint density at radius 2 is 2.10 bits per heavy atom. The normalized spacial score (nSPS) is 13.1. The predicted octanol–water partition coefficient (Wildman–Crippen LogP) is 3.93. The first-order valence-corrected chi connectivity index (χ1v) is 12.5. The lowest BCUT2D eigenvalue weighted by atomic mass is 9.96. The zero-order chi connectivity index (χ0) is 21.2. The molecule has 1 heterocycles. The SMILES string of the molecule is CSCC[C@H](NC(=O)c1cc(CCCC(N)CS)ccc1-c1ccsc1)C(=O)O. The molecular weight excluding hydrogens is 424 g/mol. The third kappa shape index (κ3) is 7.37. The van der Waals surface area contributed by atoms with Crippen LogP contribution in [0.25, 0.3) is 11.1 Å². The summed E-state index contributed by atoms with van der Waals surface area (Å²) >= 11 is 7.33. The summed E-state index contributed by atoms with van der Waals surface area (Å²) in [4.78, 5) is 24.6. The molecule has 0 radical (unpaired) electrons. The third-order valence-electron chi connectivity index (χ3n) is 4.65. The van der Waals surface area contributed by atoms with Crippen molar-refractivity contribution in [2.75, 3.05) is 17.8 Å². The van der Waals surface area contributed by atoms with Crippen molar-refractivity contribution in [3.05, 3.63) is 46.2 Å². The highest BCUT2D eigenvalue weighted by Gasteiger charge is 2.22. The van der Waals surface area contributed by atoms with Gasteiger partial charge >= 0.3 is 5.97 Å². The molecule has 0 aliphatic heterocycles. The standard InChI is InChI=1S/C21H28N2O3S3/c1-28-9-8-19(21(25)26)23-20(24)18-11-14(3-2-4-16(22)12-27)5-6-17(18)15-7-10-29-13-15/h5-7,10-11,13,16,19,27H,2-4,8-9,12,22H2,1H3,(H,23,24)(H,25,26)/t16?,19-/m0/s1. The Balaban J connectivity index is 2.24. The fourth-order valence-electron chi connectivity index (χ4n) is 2.99. The number of carboxylic acid groups (broad SMARTS) is 1. The van der Waals surface area contributed by atoms with Gasteiger partial charge in [0.25, 0.3) is 5.91 Å². The molecule has 0 saturated carbocycles. The number of amides is 1. The fraction of sp³-hybridized carbons (Fsp3) is 0.429. The van der Waals surface area contributed by atoms with Crippen LogP contribution in [0.2, 0.25) is 0 Å². The Labute approximate surface area is 185 Å². The van der Waals surface area contributed by atoms with Gasteiger partial charge in [0.05, 0.1) is 0 Å². The Morgan fingerprint density at radius 3 is 2.72 bits per heavy atom. The number of thiophene rings is 1. The van der Waals surface area contributed by atoms with E-state index in [9.17, 15) is 14.7 Å². The maximum Gasteiger partial charge on any atom is 0.326 e. The van der Waals surface area contributed by atoms with Gasteiger partial charge in [0, 0.05) is 17.4 Å². The molecule has 2 atom stereocenters. The summed E-state index contributed by atoms with van der Waals surface area (Å²) in [5.74, 6) is -0.0488. The van der Waals surface area contributed by atoms with Gasteiger partial charge in [-0.2, -0.15) is 35.7 Å². The minimum Gasteiger partial charge on any atom is -0.480 e. The molecule has 1 unspecified atom stereocenters. The number of carbonyl (C=O) groups excluding carboxylic acids is 1. The highest BCUT2D eigenvalue weighted by Crippen LogP contribution is 2.27. The van der Waals surface area contributed by atoms with Gasteiger partial charge in [-0.3, -0.25) is 4.79 Å². The van der Waals surface area contributed by atoms with E-state index in [1.165, 1.54) is 0 Å². The second-order valence-electron chi connectivity index (χ2n) is 6.87. The van der Waals surface area contributed by atoms with Crippen LogP contribution in [-0.4, -0.2) is 46.8 Å². The predicted molar refractivity (Wildman–Crippen MR) is 126 cm³/mol. The summed E-state index contributed by atoms with van der Waals surface area (Å²) < 4.78 is 0. The van der Waals surface area contributed by atoms with Crippen molar-refractivity contribution in [3.63, 3.8) is 0 Å². The minimum absolute atomic E-state index is 0.0685. The van der Waals surface area contributed by atoms with Crippen molar-refractivity contribution in [1.29, 1.82) is 0 Å². The summed E-state index contributed by atoms with van der Waals surface area (Å²) in [6.45, 7) is 0. The van der Waals surface area contributed by atoms with Crippen molar-refractivity contribution in [3.8, 4) is 11.1 Å². The number of benzene rings is 1. The molecule has 0 fully saturated rings. The third-order valence-corrected chi connectivity index (χ3v) is 6.45. The van der Waals surface area contributed by atoms with Crippen LogP contribution < -0.4 is 11.1 Å². The van der Waals surface area contributed by atoms with Crippen LogP contribution in [-0.2, 0) is 11.2 Å². The number of carbonyl (C=O) groups is 2. The number of hydrogen-bond donors (Lipinski definition) is 4. The molecule has 0 aliphatic rings. The maximum atomic E-state index is 13.0. The monoisotopic (exact) mass is 452 g/mol. The first-order valence-electron chi connectivity index (χ1n) is 9.50. The first kappa shape index (κ1) is 23.8. The van der Waals surface area contributed by atoms with Crippen LogP contribution in [0.4, 0.5) is 0 Å². The van der Waals surface area contributed by atoms with Gasteiger partial charge in [0.1, 0.15) is 6.04 Å². The summed E-state index contributed by atoms with van der Waals surface area (Å²) in [6, 6.07) is 6.98. The largest absolute Gasteiger partial charge is 0.480 e. The fourth-order valence-corrected chi connectivity index (χ4v) is 4.30. The van der Waals surface area contributed by atoms with E-state index in [0.29, 0.717) is 23.5 Å². The number of thioether (sulfide) groups is 1. The topological polar surface area (TPSA) is 92.4 Å². The van der Waals surface area contributed by atoms with E-state index in [0.717, 1.165) is 36.0 Å². The molecule has 1 aromatic carbocycles. The van der Waals surface area contributed by atoms with Crippen LogP contribution in [0, 0.1) is 0 Å². The molecule has 1 amide bonds. The molecule has 0 bridgehead atoms. The second kappa shape index (κ2) is 12.3. The second-order valence-corrected chi connectivity index (χ2v) is 9.00. The molecule has 4 N–H and O–H groups in total. The Hall–Kier alpha value is -1.48. The van der Waals surface area contributed by atoms with E-state index < -0.39 is 12.0 Å². The van der Waals surface area contributed by atoms with Gasteiger partial charge in [-0.1, -0.05) is 12.1 Å². The summed E-state index contributed by atoms with van der Waals surface area (Å²) in [5, 5.41) is 16.1. The van der Waals surface area contributed by atoms with Crippen LogP contribution in [0.5, 0.6) is 0 Å². The van der Waals surface area contributed by atoms with E-state index in [-0.39, 0.29) is 11.9 Å². The van der Waals surface area contributed by atoms with Crippen molar-refractivity contribution in [1.82, 2.24) is 5.32 Å². The number of rotatable bonds is 12. The summed E-state index contributed by atoms with van der Waals surface area (Å²) in [7, 11) is 0. The lowest BCUT2D eigenvalue weighted by Gasteiger charge is -2.17. The molecule has 29 heavy (non-hydrogen) atoms. The number of hydrogen-bond acceptors (Lipinski definition) is 6. The summed E-state index contributed by atoms with van der Waals surface area (Å²) in [5.41, 5.74) is 9.25. The molecule has 0 aliphatic carbocycles. The molecule has 1 aromatic heterocycles. The molecule has 2 rings (SSSR count). The zero-order valence-electron chi connectivity index (χ0n) is 16.5. The highest BCUT2D eigenvalue weighted by molar-refractivity contribution is 7.98. The van der Waals surface area contributed by atoms with Crippen LogP contribution in [0.3, 0.4) is 0 Å². The van der Waals surface area contributed by atoms with Crippen molar-refractivity contribution >= 4 is 47.6 Å². The van der Waals surface area contributed by atoms with E-state index in [4.69, 9.17) is 5.73 Å². The lowest BCUT2D eigenvalue weighted by Crippen LogP contribution is -2.41. The maximum absolute atomic E-state index is 13.0. The Morgan fingerprint density at radius 1 is 1.31 bits per heavy atom. The molecule has 0 saturated heterocycles. The van der Waals surface area contributed by atoms with Crippen molar-refractivity contribution in [2.45, 2.75) is 37.8 Å². The van der Waals surface area contributed by atoms with Gasteiger partial charge in [0.2, 0.25) is 0 Å². The Bertz CT molecular complexity index is 796. The number of nitrogens with two attached hydrogens (primary N) is 1. The van der Waals surface area contributed by atoms with Crippen LogP contribution >= 0.6 is 35.7 Å². The molecular formula is C21H28N2O3S3. The number of carboxylic acids is 1.